The molecule has 1 aliphatic rings. The van der Waals surface area contributed by atoms with Gasteiger partial charge < -0.3 is 4.90 Å². The number of imidazole rings is 1. The number of rotatable bonds is 4. The van der Waals surface area contributed by atoms with E-state index in [2.05, 4.69) is 10.00 Å². The summed E-state index contributed by atoms with van der Waals surface area (Å²) in [4.78, 5) is 32.5. The van der Waals surface area contributed by atoms with Crippen LogP contribution in [0.5, 0.6) is 0 Å². The number of aromatic nitrogens is 4. The number of anilines is 1. The van der Waals surface area contributed by atoms with Crippen molar-refractivity contribution in [3.63, 3.8) is 0 Å². The molecule has 0 bridgehead atoms. The maximum atomic E-state index is 13.3. The van der Waals surface area contributed by atoms with Crippen LogP contribution in [0.4, 0.5) is 15.8 Å². The highest BCUT2D eigenvalue weighted by molar-refractivity contribution is 5.91. The Balaban J connectivity index is 1.62. The van der Waals surface area contributed by atoms with Gasteiger partial charge in [-0.1, -0.05) is 0 Å². The molecule has 0 saturated carbocycles. The predicted molar refractivity (Wildman–Crippen MR) is 128 cm³/mol. The number of hydrogen-bond donors (Lipinski definition) is 1. The Hall–Kier alpha value is -3.88. The van der Waals surface area contributed by atoms with Gasteiger partial charge in [0.25, 0.3) is 5.56 Å². The molecule has 3 heterocycles. The van der Waals surface area contributed by atoms with E-state index >= 15 is 0 Å². The zero-order valence-corrected chi connectivity index (χ0v) is 18.8. The number of aryl methyl sites for hydroxylation is 3. The minimum atomic E-state index is -0.364. The van der Waals surface area contributed by atoms with Gasteiger partial charge in [0, 0.05) is 39.1 Å². The van der Waals surface area contributed by atoms with Crippen LogP contribution in [0, 0.1) is 12.7 Å². The van der Waals surface area contributed by atoms with E-state index in [-0.39, 0.29) is 17.1 Å². The minimum Gasteiger partial charge on any atom is -0.370 e. The first-order valence-electron chi connectivity index (χ1n) is 10.9. The van der Waals surface area contributed by atoms with Crippen molar-refractivity contribution in [2.24, 2.45) is 19.1 Å². The Bertz CT molecular complexity index is 1500. The first-order chi connectivity index (χ1) is 15.8. The summed E-state index contributed by atoms with van der Waals surface area (Å²) < 4.78 is 17.9. The van der Waals surface area contributed by atoms with E-state index in [4.69, 9.17) is 4.99 Å². The molecule has 9 heteroatoms. The first-order valence-corrected chi connectivity index (χ1v) is 10.9. The van der Waals surface area contributed by atoms with E-state index in [1.165, 1.54) is 16.8 Å². The molecule has 170 valence electrons. The number of aliphatic imine (C=N–C) groups is 1. The number of H-pyrrole nitrogens is 1. The van der Waals surface area contributed by atoms with Crippen molar-refractivity contribution in [1.82, 2.24) is 18.9 Å². The Morgan fingerprint density at radius 1 is 1.00 bits per heavy atom. The normalized spacial score (nSPS) is 14.2. The van der Waals surface area contributed by atoms with Gasteiger partial charge in [-0.2, -0.15) is 0 Å². The van der Waals surface area contributed by atoms with Crippen LogP contribution in [0.15, 0.2) is 51.0 Å². The summed E-state index contributed by atoms with van der Waals surface area (Å²) in [6, 6.07) is 9.63. The van der Waals surface area contributed by atoms with Crippen molar-refractivity contribution < 1.29 is 4.39 Å². The van der Waals surface area contributed by atoms with Gasteiger partial charge in [0.15, 0.2) is 0 Å². The largest absolute Gasteiger partial charge is 0.370 e. The standard InChI is InChI=1S/C24H25FN6O2/c1-15-18(23(32)31(27-15)17-8-6-16(25)7-9-17)14-26-19-12-21-22(29(3)24(33)28(21)2)13-20(19)30-10-4-5-11-30/h6-9,12-14,27H,4-5,10-11H2,1-3H3. The van der Waals surface area contributed by atoms with Crippen LogP contribution >= 0.6 is 0 Å². The van der Waals surface area contributed by atoms with Crippen LogP contribution in [-0.4, -0.2) is 38.2 Å². The van der Waals surface area contributed by atoms with E-state index in [1.807, 2.05) is 12.1 Å². The Labute approximate surface area is 189 Å². The third-order valence-electron chi connectivity index (χ3n) is 6.35. The molecular formula is C24H25FN6O2. The third-order valence-corrected chi connectivity index (χ3v) is 6.35. The maximum Gasteiger partial charge on any atom is 0.328 e. The fourth-order valence-corrected chi connectivity index (χ4v) is 4.46. The van der Waals surface area contributed by atoms with Gasteiger partial charge in [0.05, 0.1) is 33.7 Å². The number of halogens is 1. The first kappa shape index (κ1) is 21.0. The average molecular weight is 449 g/mol. The van der Waals surface area contributed by atoms with Gasteiger partial charge in [-0.05, 0) is 56.2 Å². The van der Waals surface area contributed by atoms with Crippen molar-refractivity contribution in [2.45, 2.75) is 19.8 Å². The second kappa shape index (κ2) is 7.91. The zero-order valence-electron chi connectivity index (χ0n) is 18.8. The monoisotopic (exact) mass is 448 g/mol. The SMILES string of the molecule is Cc1[nH]n(-c2ccc(F)cc2)c(=O)c1C=Nc1cc2c(cc1N1CCCC1)n(C)c(=O)n2C. The Morgan fingerprint density at radius 3 is 2.30 bits per heavy atom. The Morgan fingerprint density at radius 2 is 1.64 bits per heavy atom. The summed E-state index contributed by atoms with van der Waals surface area (Å²) in [7, 11) is 3.51. The molecular weight excluding hydrogens is 423 g/mol. The molecule has 0 atom stereocenters. The number of nitrogens with one attached hydrogen (secondary N) is 1. The van der Waals surface area contributed by atoms with Crippen LogP contribution in [0.25, 0.3) is 16.7 Å². The fraction of sp³-hybridized carbons (Fsp3) is 0.292. The van der Waals surface area contributed by atoms with Crippen LogP contribution in [0.3, 0.4) is 0 Å². The summed E-state index contributed by atoms with van der Waals surface area (Å²) in [5.41, 5.74) is 4.55. The highest BCUT2D eigenvalue weighted by Gasteiger charge is 2.19. The van der Waals surface area contributed by atoms with E-state index in [0.29, 0.717) is 22.6 Å². The highest BCUT2D eigenvalue weighted by Crippen LogP contribution is 2.35. The average Bonchev–Trinajstić information content (AvgIpc) is 3.49. The molecule has 4 aromatic rings. The lowest BCUT2D eigenvalue weighted by Crippen LogP contribution is -2.19. The molecule has 2 aromatic heterocycles. The topological polar surface area (TPSA) is 80.3 Å². The molecule has 1 fully saturated rings. The smallest absolute Gasteiger partial charge is 0.328 e. The molecule has 1 aliphatic heterocycles. The molecule has 8 nitrogen and oxygen atoms in total. The van der Waals surface area contributed by atoms with Crippen molar-refractivity contribution in [1.29, 1.82) is 0 Å². The lowest BCUT2D eigenvalue weighted by atomic mass is 10.2. The molecule has 5 rings (SSSR count). The molecule has 0 radical (unpaired) electrons. The molecule has 1 saturated heterocycles. The second-order valence-electron chi connectivity index (χ2n) is 8.45. The van der Waals surface area contributed by atoms with E-state index in [1.54, 1.807) is 48.5 Å². The minimum absolute atomic E-state index is 0.0952. The summed E-state index contributed by atoms with van der Waals surface area (Å²) in [6.45, 7) is 3.65. The molecule has 0 amide bonds. The Kier molecular flexibility index (Phi) is 5.03. The van der Waals surface area contributed by atoms with Crippen LogP contribution < -0.4 is 16.1 Å². The fourth-order valence-electron chi connectivity index (χ4n) is 4.46. The molecule has 0 spiro atoms. The summed E-state index contributed by atoms with van der Waals surface area (Å²) in [5.74, 6) is -0.364. The lowest BCUT2D eigenvalue weighted by Gasteiger charge is -2.20. The number of aromatic amines is 1. The molecule has 33 heavy (non-hydrogen) atoms. The number of fused-ring (bicyclic) bond motifs is 1. The summed E-state index contributed by atoms with van der Waals surface area (Å²) in [5, 5.41) is 3.04. The van der Waals surface area contributed by atoms with E-state index < -0.39 is 0 Å². The van der Waals surface area contributed by atoms with Gasteiger partial charge in [0.2, 0.25) is 0 Å². The van der Waals surface area contributed by atoms with Gasteiger partial charge in [-0.15, -0.1) is 0 Å². The van der Waals surface area contributed by atoms with Crippen molar-refractivity contribution >= 4 is 28.6 Å². The van der Waals surface area contributed by atoms with E-state index in [9.17, 15) is 14.0 Å². The quantitative estimate of drug-likeness (QED) is 0.487. The number of hydrogen-bond acceptors (Lipinski definition) is 4. The van der Waals surface area contributed by atoms with E-state index in [0.717, 1.165) is 42.7 Å². The van der Waals surface area contributed by atoms with Crippen LogP contribution in [0.2, 0.25) is 0 Å². The number of benzene rings is 2. The summed E-state index contributed by atoms with van der Waals surface area (Å²) in [6.07, 6.45) is 3.78. The predicted octanol–water partition coefficient (Wildman–Crippen LogP) is 3.15. The highest BCUT2D eigenvalue weighted by atomic mass is 19.1. The maximum absolute atomic E-state index is 13.3. The number of nitrogens with zero attached hydrogens (tertiary/aromatic N) is 5. The van der Waals surface area contributed by atoms with Crippen molar-refractivity contribution in [2.75, 3.05) is 18.0 Å². The van der Waals surface area contributed by atoms with Crippen molar-refractivity contribution in [3.05, 3.63) is 74.3 Å². The third kappa shape index (κ3) is 3.49. The van der Waals surface area contributed by atoms with Gasteiger partial charge >= 0.3 is 5.69 Å². The van der Waals surface area contributed by atoms with Gasteiger partial charge in [-0.25, -0.2) is 13.9 Å². The van der Waals surface area contributed by atoms with Gasteiger partial charge in [0.1, 0.15) is 5.82 Å². The zero-order chi connectivity index (χ0) is 23.3. The van der Waals surface area contributed by atoms with Crippen LogP contribution in [-0.2, 0) is 14.1 Å². The summed E-state index contributed by atoms with van der Waals surface area (Å²) >= 11 is 0. The second-order valence-corrected chi connectivity index (χ2v) is 8.45. The van der Waals surface area contributed by atoms with Crippen molar-refractivity contribution in [3.8, 4) is 5.69 Å². The van der Waals surface area contributed by atoms with Crippen LogP contribution in [0.1, 0.15) is 24.1 Å². The molecule has 0 aliphatic carbocycles. The molecule has 1 N–H and O–H groups in total. The van der Waals surface area contributed by atoms with Gasteiger partial charge in [-0.3, -0.25) is 24.0 Å². The lowest BCUT2D eigenvalue weighted by molar-refractivity contribution is 0.627. The molecule has 0 unspecified atom stereocenters. The molecule has 2 aromatic carbocycles.